The van der Waals surface area contributed by atoms with Gasteiger partial charge in [-0.25, -0.2) is 0 Å². The van der Waals surface area contributed by atoms with Crippen LogP contribution in [0.2, 0.25) is 0 Å². The Balaban J connectivity index is 1.89. The van der Waals surface area contributed by atoms with Gasteiger partial charge in [0.15, 0.2) is 0 Å². The van der Waals surface area contributed by atoms with E-state index in [-0.39, 0.29) is 5.92 Å². The van der Waals surface area contributed by atoms with E-state index in [1.165, 1.54) is 83.5 Å². The van der Waals surface area contributed by atoms with Gasteiger partial charge in [-0.05, 0) is 25.2 Å². The van der Waals surface area contributed by atoms with E-state index in [9.17, 15) is 9.90 Å². The molecule has 0 aromatic heterocycles. The van der Waals surface area contributed by atoms with Crippen molar-refractivity contribution in [2.45, 2.75) is 116 Å². The highest BCUT2D eigenvalue weighted by molar-refractivity contribution is 5.70. The van der Waals surface area contributed by atoms with Crippen LogP contribution < -0.4 is 0 Å². The predicted molar refractivity (Wildman–Crippen MR) is 98.8 cm³/mol. The summed E-state index contributed by atoms with van der Waals surface area (Å²) in [7, 11) is 0. The molecule has 1 unspecified atom stereocenters. The summed E-state index contributed by atoms with van der Waals surface area (Å²) < 4.78 is 0. The van der Waals surface area contributed by atoms with Crippen molar-refractivity contribution in [3.63, 3.8) is 0 Å². The average Bonchev–Trinajstić information content (AvgIpc) is 3.05. The molecule has 2 heteroatoms. The van der Waals surface area contributed by atoms with Crippen molar-refractivity contribution in [1.82, 2.24) is 0 Å². The molecule has 1 fully saturated rings. The Kier molecular flexibility index (Phi) is 12.4. The molecule has 0 amide bonds. The number of carboxylic acids is 1. The van der Waals surface area contributed by atoms with Gasteiger partial charge in [0.1, 0.15) is 0 Å². The summed E-state index contributed by atoms with van der Waals surface area (Å²) >= 11 is 0. The predicted octanol–water partition coefficient (Wildman–Crippen LogP) is 6.97. The molecule has 1 atom stereocenters. The SMILES string of the molecule is CCCCCCCCCCCCCCC(C(=O)O)C1CCCC1. The first kappa shape index (κ1) is 20.5. The third-order valence-electron chi connectivity index (χ3n) is 5.65. The van der Waals surface area contributed by atoms with Crippen LogP contribution >= 0.6 is 0 Å². The number of aliphatic carboxylic acids is 1. The molecule has 1 N–H and O–H groups in total. The number of rotatable bonds is 15. The molecule has 2 nitrogen and oxygen atoms in total. The molecule has 0 spiro atoms. The fraction of sp³-hybridized carbons (Fsp3) is 0.952. The minimum Gasteiger partial charge on any atom is -0.481 e. The van der Waals surface area contributed by atoms with Crippen molar-refractivity contribution >= 4 is 5.97 Å². The molecule has 0 aromatic rings. The van der Waals surface area contributed by atoms with Crippen LogP contribution in [0.3, 0.4) is 0 Å². The zero-order chi connectivity index (χ0) is 16.8. The molecule has 1 aliphatic carbocycles. The average molecular weight is 325 g/mol. The zero-order valence-electron chi connectivity index (χ0n) is 15.5. The van der Waals surface area contributed by atoms with Crippen molar-refractivity contribution in [3.05, 3.63) is 0 Å². The number of carbonyl (C=O) groups is 1. The fourth-order valence-electron chi connectivity index (χ4n) is 4.13. The zero-order valence-corrected chi connectivity index (χ0v) is 15.5. The maximum Gasteiger partial charge on any atom is 0.306 e. The van der Waals surface area contributed by atoms with Crippen LogP contribution in [0.4, 0.5) is 0 Å². The molecule has 1 saturated carbocycles. The summed E-state index contributed by atoms with van der Waals surface area (Å²) in [5, 5.41) is 9.41. The monoisotopic (exact) mass is 324 g/mol. The molecular formula is C21H40O2. The lowest BCUT2D eigenvalue weighted by Gasteiger charge is -2.18. The van der Waals surface area contributed by atoms with Crippen molar-refractivity contribution in [3.8, 4) is 0 Å². The smallest absolute Gasteiger partial charge is 0.306 e. The lowest BCUT2D eigenvalue weighted by molar-refractivity contribution is -0.144. The quantitative estimate of drug-likeness (QED) is 0.330. The van der Waals surface area contributed by atoms with Gasteiger partial charge in [0.05, 0.1) is 5.92 Å². The highest BCUT2D eigenvalue weighted by atomic mass is 16.4. The standard InChI is InChI=1S/C21H40O2/c1-2-3-4-5-6-7-8-9-10-11-12-13-18-20(21(22)23)19-16-14-15-17-19/h19-20H,2-18H2,1H3,(H,22,23). The van der Waals surface area contributed by atoms with E-state index in [1.807, 2.05) is 0 Å². The maximum absolute atomic E-state index is 11.4. The summed E-state index contributed by atoms with van der Waals surface area (Å²) in [6.45, 7) is 2.27. The van der Waals surface area contributed by atoms with E-state index >= 15 is 0 Å². The highest BCUT2D eigenvalue weighted by Gasteiger charge is 2.29. The first-order valence-electron chi connectivity index (χ1n) is 10.5. The number of unbranched alkanes of at least 4 members (excludes halogenated alkanes) is 11. The Morgan fingerprint density at radius 2 is 1.26 bits per heavy atom. The Morgan fingerprint density at radius 3 is 1.70 bits per heavy atom. The Labute approximate surface area is 144 Å². The van der Waals surface area contributed by atoms with E-state index in [0.29, 0.717) is 5.92 Å². The van der Waals surface area contributed by atoms with Gasteiger partial charge in [-0.15, -0.1) is 0 Å². The molecule has 0 bridgehead atoms. The summed E-state index contributed by atoms with van der Waals surface area (Å²) in [4.78, 5) is 11.4. The molecule has 0 aliphatic heterocycles. The Bertz CT molecular complexity index is 282. The van der Waals surface area contributed by atoms with Gasteiger partial charge >= 0.3 is 5.97 Å². The molecule has 0 saturated heterocycles. The van der Waals surface area contributed by atoms with Crippen molar-refractivity contribution in [1.29, 1.82) is 0 Å². The summed E-state index contributed by atoms with van der Waals surface area (Å²) in [5.74, 6) is -0.124. The molecule has 0 radical (unpaired) electrons. The Morgan fingerprint density at radius 1 is 0.826 bits per heavy atom. The topological polar surface area (TPSA) is 37.3 Å². The first-order chi connectivity index (χ1) is 11.3. The summed E-state index contributed by atoms with van der Waals surface area (Å²) in [6.07, 6.45) is 21.9. The van der Waals surface area contributed by atoms with E-state index in [0.717, 1.165) is 25.7 Å². The van der Waals surface area contributed by atoms with E-state index in [1.54, 1.807) is 0 Å². The van der Waals surface area contributed by atoms with Gasteiger partial charge in [0.2, 0.25) is 0 Å². The van der Waals surface area contributed by atoms with E-state index in [2.05, 4.69) is 6.92 Å². The van der Waals surface area contributed by atoms with E-state index in [4.69, 9.17) is 0 Å². The minimum absolute atomic E-state index is 0.0550. The third kappa shape index (κ3) is 10.0. The molecule has 136 valence electrons. The second-order valence-electron chi connectivity index (χ2n) is 7.67. The van der Waals surface area contributed by atoms with Gasteiger partial charge in [0.25, 0.3) is 0 Å². The van der Waals surface area contributed by atoms with Crippen molar-refractivity contribution in [2.75, 3.05) is 0 Å². The lowest BCUT2D eigenvalue weighted by Crippen LogP contribution is -2.21. The van der Waals surface area contributed by atoms with E-state index < -0.39 is 5.97 Å². The lowest BCUT2D eigenvalue weighted by atomic mass is 9.86. The second kappa shape index (κ2) is 13.9. The fourth-order valence-corrected chi connectivity index (χ4v) is 4.13. The largest absolute Gasteiger partial charge is 0.481 e. The first-order valence-corrected chi connectivity index (χ1v) is 10.5. The van der Waals surface area contributed by atoms with Gasteiger partial charge in [-0.1, -0.05) is 96.8 Å². The van der Waals surface area contributed by atoms with Crippen LogP contribution in [0.25, 0.3) is 0 Å². The highest BCUT2D eigenvalue weighted by Crippen LogP contribution is 2.34. The van der Waals surface area contributed by atoms with Crippen molar-refractivity contribution < 1.29 is 9.90 Å². The number of hydrogen-bond donors (Lipinski definition) is 1. The normalized spacial score (nSPS) is 16.7. The second-order valence-corrected chi connectivity index (χ2v) is 7.67. The van der Waals surface area contributed by atoms with Crippen LogP contribution in [-0.2, 0) is 4.79 Å². The van der Waals surface area contributed by atoms with Gasteiger partial charge < -0.3 is 5.11 Å². The minimum atomic E-state index is -0.542. The van der Waals surface area contributed by atoms with Crippen LogP contribution in [0.5, 0.6) is 0 Å². The Hall–Kier alpha value is -0.530. The van der Waals surface area contributed by atoms with Gasteiger partial charge in [-0.2, -0.15) is 0 Å². The molecule has 0 heterocycles. The summed E-state index contributed by atoms with van der Waals surface area (Å²) in [5.41, 5.74) is 0. The number of carboxylic acid groups (broad SMARTS) is 1. The van der Waals surface area contributed by atoms with Crippen LogP contribution in [0, 0.1) is 11.8 Å². The molecule has 0 aromatic carbocycles. The molecule has 1 rings (SSSR count). The van der Waals surface area contributed by atoms with Crippen molar-refractivity contribution in [2.24, 2.45) is 11.8 Å². The van der Waals surface area contributed by atoms with Crippen LogP contribution in [-0.4, -0.2) is 11.1 Å². The number of hydrogen-bond acceptors (Lipinski definition) is 1. The molecular weight excluding hydrogens is 284 g/mol. The molecule has 1 aliphatic rings. The van der Waals surface area contributed by atoms with Gasteiger partial charge in [0, 0.05) is 0 Å². The van der Waals surface area contributed by atoms with Gasteiger partial charge in [-0.3, -0.25) is 4.79 Å². The molecule has 23 heavy (non-hydrogen) atoms. The summed E-state index contributed by atoms with van der Waals surface area (Å²) in [6, 6.07) is 0. The third-order valence-corrected chi connectivity index (χ3v) is 5.65. The van der Waals surface area contributed by atoms with Crippen LogP contribution in [0.1, 0.15) is 116 Å². The maximum atomic E-state index is 11.4. The van der Waals surface area contributed by atoms with Crippen LogP contribution in [0.15, 0.2) is 0 Å².